The van der Waals surface area contributed by atoms with E-state index in [9.17, 15) is 4.79 Å². The van der Waals surface area contributed by atoms with Gasteiger partial charge in [-0.25, -0.2) is 0 Å². The van der Waals surface area contributed by atoms with Crippen LogP contribution < -0.4 is 5.32 Å². The predicted molar refractivity (Wildman–Crippen MR) is 66.3 cm³/mol. The van der Waals surface area contributed by atoms with E-state index < -0.39 is 0 Å². The third kappa shape index (κ3) is 3.51. The number of carbonyl (C=O) groups is 1. The Morgan fingerprint density at radius 2 is 2.31 bits per heavy atom. The van der Waals surface area contributed by atoms with Crippen molar-refractivity contribution in [2.45, 2.75) is 12.8 Å². The molecule has 0 bridgehead atoms. The molecule has 0 fully saturated rings. The largest absolute Gasteiger partial charge is 0.352 e. The molecule has 0 heterocycles. The Morgan fingerprint density at radius 3 is 3.00 bits per heavy atom. The quantitative estimate of drug-likeness (QED) is 0.869. The number of benzene rings is 1. The second kappa shape index (κ2) is 6.51. The molecular formula is C11H10BrClN2O. The van der Waals surface area contributed by atoms with E-state index in [1.54, 1.807) is 18.2 Å². The Bertz CT molecular complexity index is 428. The molecule has 1 aromatic rings. The van der Waals surface area contributed by atoms with E-state index in [0.717, 1.165) is 0 Å². The Kier molecular flexibility index (Phi) is 5.30. The molecule has 0 aliphatic carbocycles. The van der Waals surface area contributed by atoms with Crippen LogP contribution in [0.2, 0.25) is 5.02 Å². The summed E-state index contributed by atoms with van der Waals surface area (Å²) in [4.78, 5) is 11.7. The third-order valence-corrected chi connectivity index (χ3v) is 3.24. The van der Waals surface area contributed by atoms with E-state index in [1.165, 1.54) is 0 Å². The monoisotopic (exact) mass is 300 g/mol. The number of hydrogen-bond donors (Lipinski definition) is 1. The van der Waals surface area contributed by atoms with Crippen LogP contribution in [0.3, 0.4) is 0 Å². The first kappa shape index (κ1) is 13.0. The smallest absolute Gasteiger partial charge is 0.252 e. The van der Waals surface area contributed by atoms with Gasteiger partial charge in [0.2, 0.25) is 0 Å². The SMILES string of the molecule is N#CCCCNC(=O)c1cccc(Br)c1Cl. The number of rotatable bonds is 4. The molecule has 0 aliphatic rings. The molecule has 0 unspecified atom stereocenters. The number of nitrogens with one attached hydrogen (secondary N) is 1. The van der Waals surface area contributed by atoms with Gasteiger partial charge in [0.15, 0.2) is 0 Å². The highest BCUT2D eigenvalue weighted by Gasteiger charge is 2.11. The molecule has 0 saturated carbocycles. The summed E-state index contributed by atoms with van der Waals surface area (Å²) in [6.45, 7) is 0.481. The second-order valence-corrected chi connectivity index (χ2v) is 4.35. The molecule has 0 aliphatic heterocycles. The molecular weight excluding hydrogens is 291 g/mol. The maximum atomic E-state index is 11.7. The predicted octanol–water partition coefficient (Wildman–Crippen LogP) is 3.14. The maximum absolute atomic E-state index is 11.7. The van der Waals surface area contributed by atoms with Gasteiger partial charge in [-0.3, -0.25) is 4.79 Å². The molecule has 1 aromatic carbocycles. The first-order valence-corrected chi connectivity index (χ1v) is 5.93. The molecule has 0 saturated heterocycles. The van der Waals surface area contributed by atoms with Gasteiger partial charge in [-0.1, -0.05) is 17.7 Å². The zero-order valence-electron chi connectivity index (χ0n) is 8.46. The van der Waals surface area contributed by atoms with Gasteiger partial charge < -0.3 is 5.32 Å². The summed E-state index contributed by atoms with van der Waals surface area (Å²) in [6.07, 6.45) is 1.08. The fourth-order valence-corrected chi connectivity index (χ4v) is 1.72. The van der Waals surface area contributed by atoms with E-state index in [1.807, 2.05) is 6.07 Å². The molecule has 5 heteroatoms. The average Bonchev–Trinajstić information content (AvgIpc) is 2.28. The van der Waals surface area contributed by atoms with Gasteiger partial charge in [-0.15, -0.1) is 0 Å². The van der Waals surface area contributed by atoms with Crippen molar-refractivity contribution in [3.8, 4) is 6.07 Å². The minimum atomic E-state index is -0.218. The van der Waals surface area contributed by atoms with Crippen molar-refractivity contribution >= 4 is 33.4 Å². The van der Waals surface area contributed by atoms with E-state index >= 15 is 0 Å². The standard InChI is InChI=1S/C11H10BrClN2O/c12-9-5-3-4-8(10(9)13)11(16)15-7-2-1-6-14/h3-5H,1-2,7H2,(H,15,16). The molecule has 3 nitrogen and oxygen atoms in total. The molecule has 84 valence electrons. The number of halogens is 2. The Labute approximate surface area is 108 Å². The van der Waals surface area contributed by atoms with Gasteiger partial charge in [-0.05, 0) is 34.5 Å². The van der Waals surface area contributed by atoms with E-state index in [4.69, 9.17) is 16.9 Å². The van der Waals surface area contributed by atoms with Gasteiger partial charge in [0.05, 0.1) is 16.7 Å². The molecule has 1 rings (SSSR count). The van der Waals surface area contributed by atoms with Crippen LogP contribution in [0.1, 0.15) is 23.2 Å². The van der Waals surface area contributed by atoms with Gasteiger partial charge in [-0.2, -0.15) is 5.26 Å². The summed E-state index contributed by atoms with van der Waals surface area (Å²) >= 11 is 9.22. The number of carbonyl (C=O) groups excluding carboxylic acids is 1. The summed E-state index contributed by atoms with van der Waals surface area (Å²) in [5, 5.41) is 11.4. The summed E-state index contributed by atoms with van der Waals surface area (Å²) in [6, 6.07) is 7.20. The normalized spacial score (nSPS) is 9.56. The van der Waals surface area contributed by atoms with E-state index in [2.05, 4.69) is 21.2 Å². The molecule has 16 heavy (non-hydrogen) atoms. The van der Waals surface area contributed by atoms with Crippen molar-refractivity contribution in [1.29, 1.82) is 5.26 Å². The Morgan fingerprint density at radius 1 is 1.56 bits per heavy atom. The highest BCUT2D eigenvalue weighted by Crippen LogP contribution is 2.25. The lowest BCUT2D eigenvalue weighted by Crippen LogP contribution is -2.24. The topological polar surface area (TPSA) is 52.9 Å². The highest BCUT2D eigenvalue weighted by atomic mass is 79.9. The fraction of sp³-hybridized carbons (Fsp3) is 0.273. The number of amides is 1. The van der Waals surface area contributed by atoms with Crippen LogP contribution in [-0.2, 0) is 0 Å². The van der Waals surface area contributed by atoms with Crippen molar-refractivity contribution in [2.75, 3.05) is 6.54 Å². The fourth-order valence-electron chi connectivity index (χ4n) is 1.14. The molecule has 0 radical (unpaired) electrons. The minimum absolute atomic E-state index is 0.218. The van der Waals surface area contributed by atoms with Crippen LogP contribution in [0.15, 0.2) is 22.7 Å². The van der Waals surface area contributed by atoms with Crippen molar-refractivity contribution in [3.63, 3.8) is 0 Å². The zero-order valence-corrected chi connectivity index (χ0v) is 10.8. The lowest BCUT2D eigenvalue weighted by molar-refractivity contribution is 0.0953. The minimum Gasteiger partial charge on any atom is -0.352 e. The third-order valence-electron chi connectivity index (χ3n) is 1.95. The lowest BCUT2D eigenvalue weighted by atomic mass is 10.2. The summed E-state index contributed by atoms with van der Waals surface area (Å²) < 4.78 is 0.693. The van der Waals surface area contributed by atoms with Crippen LogP contribution in [0.5, 0.6) is 0 Å². The molecule has 0 atom stereocenters. The van der Waals surface area contributed by atoms with Gasteiger partial charge in [0, 0.05) is 17.4 Å². The Balaban J connectivity index is 2.60. The van der Waals surface area contributed by atoms with Crippen LogP contribution in [0.4, 0.5) is 0 Å². The number of nitriles is 1. The first-order valence-electron chi connectivity index (χ1n) is 4.76. The summed E-state index contributed by atoms with van der Waals surface area (Å²) in [7, 11) is 0. The first-order chi connectivity index (χ1) is 7.66. The molecule has 0 spiro atoms. The number of unbranched alkanes of at least 4 members (excludes halogenated alkanes) is 1. The maximum Gasteiger partial charge on any atom is 0.252 e. The van der Waals surface area contributed by atoms with Crippen molar-refractivity contribution in [2.24, 2.45) is 0 Å². The van der Waals surface area contributed by atoms with E-state index in [-0.39, 0.29) is 5.91 Å². The highest BCUT2D eigenvalue weighted by molar-refractivity contribution is 9.10. The second-order valence-electron chi connectivity index (χ2n) is 3.12. The van der Waals surface area contributed by atoms with Crippen LogP contribution in [0, 0.1) is 11.3 Å². The van der Waals surface area contributed by atoms with Gasteiger partial charge >= 0.3 is 0 Å². The Hall–Kier alpha value is -1.05. The zero-order chi connectivity index (χ0) is 12.0. The molecule has 0 aromatic heterocycles. The van der Waals surface area contributed by atoms with Crippen molar-refractivity contribution < 1.29 is 4.79 Å². The average molecular weight is 302 g/mol. The van der Waals surface area contributed by atoms with Crippen LogP contribution in [0.25, 0.3) is 0 Å². The molecule has 1 amide bonds. The lowest BCUT2D eigenvalue weighted by Gasteiger charge is -2.06. The van der Waals surface area contributed by atoms with E-state index in [0.29, 0.717) is 34.4 Å². The summed E-state index contributed by atoms with van der Waals surface area (Å²) in [5.41, 5.74) is 0.438. The van der Waals surface area contributed by atoms with Crippen molar-refractivity contribution in [3.05, 3.63) is 33.3 Å². The number of hydrogen-bond acceptors (Lipinski definition) is 2. The molecule has 1 N–H and O–H groups in total. The number of nitrogens with zero attached hydrogens (tertiary/aromatic N) is 1. The summed E-state index contributed by atoms with van der Waals surface area (Å²) in [5.74, 6) is -0.218. The van der Waals surface area contributed by atoms with Crippen LogP contribution >= 0.6 is 27.5 Å². The van der Waals surface area contributed by atoms with Crippen molar-refractivity contribution in [1.82, 2.24) is 5.32 Å². The van der Waals surface area contributed by atoms with Gasteiger partial charge in [0.25, 0.3) is 5.91 Å². The van der Waals surface area contributed by atoms with Crippen LogP contribution in [-0.4, -0.2) is 12.5 Å². The van der Waals surface area contributed by atoms with Gasteiger partial charge in [0.1, 0.15) is 0 Å².